The first-order valence-electron chi connectivity index (χ1n) is 7.06. The number of hydrogen-bond donors (Lipinski definition) is 1. The standard InChI is InChI=1S/C14H26N4/c1-11(2)18-7-5-14(16-18)10-17-6-4-12(3)13(8-15)9-17/h5,7,11-13H,4,6,8-10,15H2,1-3H3. The summed E-state index contributed by atoms with van der Waals surface area (Å²) in [6.45, 7) is 10.7. The molecule has 1 aliphatic rings. The maximum atomic E-state index is 5.85. The molecule has 2 atom stereocenters. The third-order valence-electron chi connectivity index (χ3n) is 4.08. The smallest absolute Gasteiger partial charge is 0.0764 e. The van der Waals surface area contributed by atoms with Gasteiger partial charge in [0.25, 0.3) is 0 Å². The molecule has 4 nitrogen and oxygen atoms in total. The van der Waals surface area contributed by atoms with Crippen molar-refractivity contribution in [1.82, 2.24) is 14.7 Å². The van der Waals surface area contributed by atoms with Crippen molar-refractivity contribution in [3.63, 3.8) is 0 Å². The van der Waals surface area contributed by atoms with E-state index in [1.807, 2.05) is 4.68 Å². The molecular weight excluding hydrogens is 224 g/mol. The summed E-state index contributed by atoms with van der Waals surface area (Å²) in [6.07, 6.45) is 3.33. The Morgan fingerprint density at radius 3 is 2.89 bits per heavy atom. The third-order valence-corrected chi connectivity index (χ3v) is 4.08. The predicted octanol–water partition coefficient (Wildman–Crippen LogP) is 1.88. The molecular formula is C14H26N4. The molecule has 1 aromatic heterocycles. The van der Waals surface area contributed by atoms with Crippen LogP contribution in [0.2, 0.25) is 0 Å². The Bertz CT molecular complexity index is 372. The molecule has 0 aliphatic carbocycles. The van der Waals surface area contributed by atoms with Gasteiger partial charge in [-0.3, -0.25) is 9.58 Å². The fourth-order valence-electron chi connectivity index (χ4n) is 2.65. The van der Waals surface area contributed by atoms with E-state index in [9.17, 15) is 0 Å². The lowest BCUT2D eigenvalue weighted by molar-refractivity contribution is 0.124. The summed E-state index contributed by atoms with van der Waals surface area (Å²) >= 11 is 0. The van der Waals surface area contributed by atoms with Gasteiger partial charge in [-0.1, -0.05) is 6.92 Å². The van der Waals surface area contributed by atoms with Crippen LogP contribution in [-0.4, -0.2) is 34.3 Å². The Morgan fingerprint density at radius 2 is 2.28 bits per heavy atom. The summed E-state index contributed by atoms with van der Waals surface area (Å²) in [5.41, 5.74) is 7.02. The van der Waals surface area contributed by atoms with Crippen molar-refractivity contribution in [3.05, 3.63) is 18.0 Å². The van der Waals surface area contributed by atoms with E-state index in [2.05, 4.69) is 43.0 Å². The van der Waals surface area contributed by atoms with Gasteiger partial charge in [0.15, 0.2) is 0 Å². The first-order valence-corrected chi connectivity index (χ1v) is 7.06. The lowest BCUT2D eigenvalue weighted by Gasteiger charge is -2.36. The van der Waals surface area contributed by atoms with Gasteiger partial charge in [-0.2, -0.15) is 5.10 Å². The summed E-state index contributed by atoms with van der Waals surface area (Å²) in [5, 5.41) is 4.62. The van der Waals surface area contributed by atoms with Gasteiger partial charge in [0.2, 0.25) is 0 Å². The van der Waals surface area contributed by atoms with E-state index in [0.717, 1.165) is 25.6 Å². The minimum Gasteiger partial charge on any atom is -0.330 e. The zero-order valence-corrected chi connectivity index (χ0v) is 11.8. The lowest BCUT2D eigenvalue weighted by Crippen LogP contribution is -2.42. The molecule has 2 unspecified atom stereocenters. The van der Waals surface area contributed by atoms with Crippen LogP contribution in [0, 0.1) is 11.8 Å². The van der Waals surface area contributed by atoms with E-state index in [1.54, 1.807) is 0 Å². The zero-order valence-electron chi connectivity index (χ0n) is 11.8. The first-order chi connectivity index (χ1) is 8.60. The van der Waals surface area contributed by atoms with Crippen LogP contribution < -0.4 is 5.73 Å². The summed E-state index contributed by atoms with van der Waals surface area (Å²) in [7, 11) is 0. The number of aromatic nitrogens is 2. The van der Waals surface area contributed by atoms with Crippen molar-refractivity contribution in [3.8, 4) is 0 Å². The van der Waals surface area contributed by atoms with Crippen LogP contribution in [0.15, 0.2) is 12.3 Å². The van der Waals surface area contributed by atoms with E-state index in [4.69, 9.17) is 5.73 Å². The highest BCUT2D eigenvalue weighted by Crippen LogP contribution is 2.23. The Hall–Kier alpha value is -0.870. The van der Waals surface area contributed by atoms with Crippen molar-refractivity contribution < 1.29 is 0 Å². The van der Waals surface area contributed by atoms with Crippen LogP contribution in [0.25, 0.3) is 0 Å². The SMILES string of the molecule is CC1CCN(Cc2ccn(C(C)C)n2)CC1CN. The Balaban J connectivity index is 1.92. The molecule has 0 saturated carbocycles. The zero-order chi connectivity index (χ0) is 13.1. The highest BCUT2D eigenvalue weighted by Gasteiger charge is 2.25. The van der Waals surface area contributed by atoms with Gasteiger partial charge in [0.1, 0.15) is 0 Å². The monoisotopic (exact) mass is 250 g/mol. The summed E-state index contributed by atoms with van der Waals surface area (Å²) in [6, 6.07) is 2.58. The van der Waals surface area contributed by atoms with Crippen LogP contribution in [0.4, 0.5) is 0 Å². The number of hydrogen-bond acceptors (Lipinski definition) is 3. The quantitative estimate of drug-likeness (QED) is 0.887. The highest BCUT2D eigenvalue weighted by molar-refractivity contribution is 5.00. The summed E-state index contributed by atoms with van der Waals surface area (Å²) in [4.78, 5) is 2.49. The molecule has 0 radical (unpaired) electrons. The fraction of sp³-hybridized carbons (Fsp3) is 0.786. The average molecular weight is 250 g/mol. The summed E-state index contributed by atoms with van der Waals surface area (Å²) in [5.74, 6) is 1.41. The second kappa shape index (κ2) is 5.85. The molecule has 4 heteroatoms. The van der Waals surface area contributed by atoms with E-state index < -0.39 is 0 Å². The van der Waals surface area contributed by atoms with Gasteiger partial charge in [-0.15, -0.1) is 0 Å². The van der Waals surface area contributed by atoms with Crippen molar-refractivity contribution >= 4 is 0 Å². The maximum Gasteiger partial charge on any atom is 0.0764 e. The maximum absolute atomic E-state index is 5.85. The first kappa shape index (κ1) is 13.6. The van der Waals surface area contributed by atoms with Gasteiger partial charge in [-0.25, -0.2) is 0 Å². The van der Waals surface area contributed by atoms with Gasteiger partial charge >= 0.3 is 0 Å². The molecule has 2 heterocycles. The topological polar surface area (TPSA) is 47.1 Å². The lowest BCUT2D eigenvalue weighted by atomic mass is 9.87. The van der Waals surface area contributed by atoms with E-state index >= 15 is 0 Å². The minimum absolute atomic E-state index is 0.442. The molecule has 1 aromatic rings. The number of nitrogens with zero attached hydrogens (tertiary/aromatic N) is 3. The van der Waals surface area contributed by atoms with Gasteiger partial charge in [-0.05, 0) is 51.3 Å². The number of rotatable bonds is 4. The molecule has 1 aliphatic heterocycles. The number of piperidine rings is 1. The molecule has 1 saturated heterocycles. The molecule has 102 valence electrons. The molecule has 2 N–H and O–H groups in total. The van der Waals surface area contributed by atoms with Crippen LogP contribution in [0.3, 0.4) is 0 Å². The van der Waals surface area contributed by atoms with Crippen molar-refractivity contribution in [2.75, 3.05) is 19.6 Å². The second-order valence-corrected chi connectivity index (χ2v) is 5.88. The van der Waals surface area contributed by atoms with Crippen molar-refractivity contribution in [2.24, 2.45) is 17.6 Å². The average Bonchev–Trinajstić information content (AvgIpc) is 2.80. The third kappa shape index (κ3) is 3.12. The minimum atomic E-state index is 0.442. The Kier molecular flexibility index (Phi) is 4.40. The predicted molar refractivity (Wildman–Crippen MR) is 74.2 cm³/mol. The van der Waals surface area contributed by atoms with E-state index in [-0.39, 0.29) is 0 Å². The Labute approximate surface area is 110 Å². The molecule has 0 aromatic carbocycles. The number of nitrogens with two attached hydrogens (primary N) is 1. The van der Waals surface area contributed by atoms with Gasteiger partial charge < -0.3 is 5.73 Å². The fourth-order valence-corrected chi connectivity index (χ4v) is 2.65. The van der Waals surface area contributed by atoms with Crippen molar-refractivity contribution in [2.45, 2.75) is 39.8 Å². The molecule has 0 amide bonds. The van der Waals surface area contributed by atoms with Crippen LogP contribution >= 0.6 is 0 Å². The second-order valence-electron chi connectivity index (χ2n) is 5.88. The Morgan fingerprint density at radius 1 is 1.50 bits per heavy atom. The summed E-state index contributed by atoms with van der Waals surface area (Å²) < 4.78 is 2.03. The van der Waals surface area contributed by atoms with E-state index in [0.29, 0.717) is 12.0 Å². The number of likely N-dealkylation sites (tertiary alicyclic amines) is 1. The van der Waals surface area contributed by atoms with Gasteiger partial charge in [0.05, 0.1) is 5.69 Å². The molecule has 1 fully saturated rings. The molecule has 18 heavy (non-hydrogen) atoms. The van der Waals surface area contributed by atoms with Crippen LogP contribution in [0.5, 0.6) is 0 Å². The van der Waals surface area contributed by atoms with Gasteiger partial charge in [0, 0.05) is 25.3 Å². The highest BCUT2D eigenvalue weighted by atomic mass is 15.3. The molecule has 0 spiro atoms. The van der Waals surface area contributed by atoms with Crippen LogP contribution in [-0.2, 0) is 6.54 Å². The normalized spacial score (nSPS) is 25.8. The largest absolute Gasteiger partial charge is 0.330 e. The van der Waals surface area contributed by atoms with Crippen molar-refractivity contribution in [1.29, 1.82) is 0 Å². The van der Waals surface area contributed by atoms with Crippen LogP contribution in [0.1, 0.15) is 38.9 Å². The molecule has 2 rings (SSSR count). The molecule has 0 bridgehead atoms. The van der Waals surface area contributed by atoms with E-state index in [1.165, 1.54) is 18.7 Å².